The van der Waals surface area contributed by atoms with E-state index in [1.165, 1.54) is 44.1 Å². The van der Waals surface area contributed by atoms with Gasteiger partial charge in [0.2, 0.25) is 5.91 Å². The van der Waals surface area contributed by atoms with Crippen LogP contribution in [0.25, 0.3) is 0 Å². The molecule has 1 amide bonds. The quantitative estimate of drug-likeness (QED) is 0.828. The largest absolute Gasteiger partial charge is 0.478 e. The number of aromatic nitrogens is 1. The van der Waals surface area contributed by atoms with Gasteiger partial charge in [-0.25, -0.2) is 4.79 Å². The molecule has 1 aromatic rings. The molecule has 0 atom stereocenters. The summed E-state index contributed by atoms with van der Waals surface area (Å²) in [5.41, 5.74) is 0.354. The minimum absolute atomic E-state index is 0.0780. The smallest absolute Gasteiger partial charge is 0.337 e. The first-order chi connectivity index (χ1) is 9.66. The summed E-state index contributed by atoms with van der Waals surface area (Å²) in [6.07, 6.45) is 10.3. The Morgan fingerprint density at radius 1 is 1.25 bits per heavy atom. The van der Waals surface area contributed by atoms with Gasteiger partial charge in [-0.1, -0.05) is 25.7 Å². The molecule has 1 heterocycles. The summed E-state index contributed by atoms with van der Waals surface area (Å²) in [5, 5.41) is 11.7. The van der Waals surface area contributed by atoms with E-state index in [9.17, 15) is 9.59 Å². The third kappa shape index (κ3) is 4.05. The number of carbonyl (C=O) groups excluding carboxylic acids is 1. The zero-order valence-electron chi connectivity index (χ0n) is 11.5. The van der Waals surface area contributed by atoms with Gasteiger partial charge < -0.3 is 10.4 Å². The van der Waals surface area contributed by atoms with Crippen molar-refractivity contribution in [1.82, 2.24) is 4.98 Å². The zero-order valence-corrected chi connectivity index (χ0v) is 11.5. The molecule has 20 heavy (non-hydrogen) atoms. The van der Waals surface area contributed by atoms with Gasteiger partial charge in [-0.15, -0.1) is 0 Å². The van der Waals surface area contributed by atoms with Crippen molar-refractivity contribution in [2.24, 2.45) is 5.92 Å². The van der Waals surface area contributed by atoms with E-state index in [2.05, 4.69) is 10.3 Å². The van der Waals surface area contributed by atoms with Crippen molar-refractivity contribution >= 4 is 17.6 Å². The Hall–Kier alpha value is -1.91. The lowest BCUT2D eigenvalue weighted by molar-refractivity contribution is -0.117. The molecule has 0 unspecified atom stereocenters. The van der Waals surface area contributed by atoms with Gasteiger partial charge in [0.15, 0.2) is 0 Å². The number of anilines is 1. The summed E-state index contributed by atoms with van der Waals surface area (Å²) in [7, 11) is 0. The second-order valence-corrected chi connectivity index (χ2v) is 5.34. The van der Waals surface area contributed by atoms with Gasteiger partial charge in [-0.3, -0.25) is 9.78 Å². The van der Waals surface area contributed by atoms with Crippen LogP contribution in [0.5, 0.6) is 0 Å². The maximum atomic E-state index is 12.0. The highest BCUT2D eigenvalue weighted by Crippen LogP contribution is 2.26. The fourth-order valence-corrected chi connectivity index (χ4v) is 2.71. The first kappa shape index (κ1) is 14.5. The number of nitrogens with one attached hydrogen (secondary N) is 1. The Morgan fingerprint density at radius 2 is 1.95 bits per heavy atom. The first-order valence-corrected chi connectivity index (χ1v) is 7.14. The average molecular weight is 276 g/mol. The average Bonchev–Trinajstić information content (AvgIpc) is 2.67. The predicted octanol–water partition coefficient (Wildman–Crippen LogP) is 3.08. The van der Waals surface area contributed by atoms with Crippen molar-refractivity contribution in [3.8, 4) is 0 Å². The lowest BCUT2D eigenvalue weighted by Gasteiger charge is -2.14. The molecule has 5 heteroatoms. The minimum atomic E-state index is -1.06. The van der Waals surface area contributed by atoms with Gasteiger partial charge in [0.05, 0.1) is 17.4 Å². The molecule has 1 aliphatic rings. The molecule has 0 saturated heterocycles. The molecular formula is C15H20N2O3. The fourth-order valence-electron chi connectivity index (χ4n) is 2.71. The standard InChI is InChI=1S/C15H20N2O3/c18-14(9-11-5-3-1-2-4-6-11)17-13-10-16-8-7-12(13)15(19)20/h7-8,10-11H,1-6,9H2,(H,17,18)(H,19,20). The van der Waals surface area contributed by atoms with E-state index in [1.54, 1.807) is 0 Å². The van der Waals surface area contributed by atoms with Crippen LogP contribution < -0.4 is 5.32 Å². The molecule has 2 N–H and O–H groups in total. The summed E-state index contributed by atoms with van der Waals surface area (Å²) in [6, 6.07) is 1.39. The molecule has 2 rings (SSSR count). The Bertz CT molecular complexity index is 480. The number of carbonyl (C=O) groups is 2. The van der Waals surface area contributed by atoms with Crippen molar-refractivity contribution < 1.29 is 14.7 Å². The Labute approximate surface area is 118 Å². The maximum absolute atomic E-state index is 12.0. The van der Waals surface area contributed by atoms with Crippen molar-refractivity contribution in [3.05, 3.63) is 24.0 Å². The minimum Gasteiger partial charge on any atom is -0.478 e. The van der Waals surface area contributed by atoms with E-state index in [0.29, 0.717) is 12.3 Å². The third-order valence-corrected chi connectivity index (χ3v) is 3.77. The zero-order chi connectivity index (χ0) is 14.4. The van der Waals surface area contributed by atoms with Crippen LogP contribution in [0.4, 0.5) is 5.69 Å². The van der Waals surface area contributed by atoms with Crippen LogP contribution >= 0.6 is 0 Å². The van der Waals surface area contributed by atoms with E-state index in [4.69, 9.17) is 5.11 Å². The van der Waals surface area contributed by atoms with E-state index in [0.717, 1.165) is 12.8 Å². The monoisotopic (exact) mass is 276 g/mol. The maximum Gasteiger partial charge on any atom is 0.337 e. The third-order valence-electron chi connectivity index (χ3n) is 3.77. The molecule has 0 aliphatic heterocycles. The number of aromatic carboxylic acids is 1. The second-order valence-electron chi connectivity index (χ2n) is 5.34. The van der Waals surface area contributed by atoms with Gasteiger partial charge in [0.25, 0.3) is 0 Å². The van der Waals surface area contributed by atoms with Crippen LogP contribution in [0.3, 0.4) is 0 Å². The van der Waals surface area contributed by atoms with Crippen LogP contribution in [-0.2, 0) is 4.79 Å². The normalized spacial score (nSPS) is 16.4. The molecule has 0 spiro atoms. The van der Waals surface area contributed by atoms with Crippen molar-refractivity contribution in [2.75, 3.05) is 5.32 Å². The Morgan fingerprint density at radius 3 is 2.60 bits per heavy atom. The van der Waals surface area contributed by atoms with Crippen molar-refractivity contribution in [3.63, 3.8) is 0 Å². The first-order valence-electron chi connectivity index (χ1n) is 7.14. The van der Waals surface area contributed by atoms with Crippen molar-refractivity contribution in [2.45, 2.75) is 44.9 Å². The van der Waals surface area contributed by atoms with Gasteiger partial charge in [0, 0.05) is 12.6 Å². The van der Waals surface area contributed by atoms with Crippen LogP contribution in [0.1, 0.15) is 55.3 Å². The highest BCUT2D eigenvalue weighted by Gasteiger charge is 2.18. The molecule has 108 valence electrons. The molecule has 5 nitrogen and oxygen atoms in total. The van der Waals surface area contributed by atoms with Crippen LogP contribution in [0.2, 0.25) is 0 Å². The fraction of sp³-hybridized carbons (Fsp3) is 0.533. The lowest BCUT2D eigenvalue weighted by Crippen LogP contribution is -2.18. The summed E-state index contributed by atoms with van der Waals surface area (Å²) in [5.74, 6) is -0.757. The summed E-state index contributed by atoms with van der Waals surface area (Å²) < 4.78 is 0. The molecule has 1 saturated carbocycles. The molecule has 0 bridgehead atoms. The van der Waals surface area contributed by atoms with Gasteiger partial charge in [0.1, 0.15) is 0 Å². The van der Waals surface area contributed by atoms with Crippen LogP contribution in [-0.4, -0.2) is 22.0 Å². The lowest BCUT2D eigenvalue weighted by atomic mass is 9.96. The SMILES string of the molecule is O=C(CC1CCCCCC1)Nc1cnccc1C(=O)O. The highest BCUT2D eigenvalue weighted by atomic mass is 16.4. The van der Waals surface area contributed by atoms with Gasteiger partial charge in [-0.2, -0.15) is 0 Å². The summed E-state index contributed by atoms with van der Waals surface area (Å²) in [4.78, 5) is 27.0. The van der Waals surface area contributed by atoms with Gasteiger partial charge in [-0.05, 0) is 24.8 Å². The molecule has 1 aromatic heterocycles. The number of hydrogen-bond acceptors (Lipinski definition) is 3. The van der Waals surface area contributed by atoms with E-state index >= 15 is 0 Å². The van der Waals surface area contributed by atoms with Crippen LogP contribution in [0.15, 0.2) is 18.5 Å². The van der Waals surface area contributed by atoms with Crippen LogP contribution in [0, 0.1) is 5.92 Å². The number of pyridine rings is 1. The molecule has 0 radical (unpaired) electrons. The molecule has 0 aromatic carbocycles. The number of carboxylic acids is 1. The predicted molar refractivity (Wildman–Crippen MR) is 75.6 cm³/mol. The van der Waals surface area contributed by atoms with E-state index < -0.39 is 5.97 Å². The molecule has 1 fully saturated rings. The topological polar surface area (TPSA) is 79.3 Å². The number of carboxylic acid groups (broad SMARTS) is 1. The Balaban J connectivity index is 1.95. The number of hydrogen-bond donors (Lipinski definition) is 2. The highest BCUT2D eigenvalue weighted by molar-refractivity contribution is 6.00. The summed E-state index contributed by atoms with van der Waals surface area (Å²) >= 11 is 0. The summed E-state index contributed by atoms with van der Waals surface area (Å²) in [6.45, 7) is 0. The molecule has 1 aliphatic carbocycles. The number of rotatable bonds is 4. The number of nitrogens with zero attached hydrogens (tertiary/aromatic N) is 1. The van der Waals surface area contributed by atoms with E-state index in [1.807, 2.05) is 0 Å². The van der Waals surface area contributed by atoms with Gasteiger partial charge >= 0.3 is 5.97 Å². The Kier molecular flexibility index (Phi) is 5.09. The van der Waals surface area contributed by atoms with Crippen molar-refractivity contribution in [1.29, 1.82) is 0 Å². The molecular weight excluding hydrogens is 256 g/mol. The second kappa shape index (κ2) is 7.03. The number of amides is 1. The van der Waals surface area contributed by atoms with E-state index in [-0.39, 0.29) is 17.2 Å².